The van der Waals surface area contributed by atoms with E-state index in [0.29, 0.717) is 12.5 Å². The molecule has 0 amide bonds. The summed E-state index contributed by atoms with van der Waals surface area (Å²) in [5, 5.41) is 0. The Morgan fingerprint density at radius 3 is 2.46 bits per heavy atom. The average Bonchev–Trinajstić information content (AvgIpc) is 2.90. The van der Waals surface area contributed by atoms with Crippen LogP contribution in [-0.4, -0.2) is 69.4 Å². The second kappa shape index (κ2) is 13.5. The van der Waals surface area contributed by atoms with Gasteiger partial charge in [-0.1, -0.05) is 37.6 Å². The lowest BCUT2D eigenvalue weighted by Crippen LogP contribution is -2.47. The van der Waals surface area contributed by atoms with Gasteiger partial charge in [0.25, 0.3) is 0 Å². The van der Waals surface area contributed by atoms with E-state index in [1.54, 1.807) is 12.7 Å². The average molecular weight is 507 g/mol. The quantitative estimate of drug-likeness (QED) is 0.338. The van der Waals surface area contributed by atoms with Gasteiger partial charge < -0.3 is 14.2 Å². The number of rotatable bonds is 12. The van der Waals surface area contributed by atoms with Crippen molar-refractivity contribution in [3.05, 3.63) is 64.2 Å². The highest BCUT2D eigenvalue weighted by atomic mass is 16.5. The second-order valence-electron chi connectivity index (χ2n) is 10.9. The van der Waals surface area contributed by atoms with Crippen LogP contribution in [0.1, 0.15) is 56.4 Å². The first-order chi connectivity index (χ1) is 18.0. The molecule has 1 aliphatic carbocycles. The van der Waals surface area contributed by atoms with Gasteiger partial charge in [-0.2, -0.15) is 0 Å². The maximum absolute atomic E-state index is 6.23. The van der Waals surface area contributed by atoms with E-state index in [2.05, 4.69) is 73.9 Å². The number of hydrogen-bond acceptors (Lipinski definition) is 5. The molecule has 1 saturated heterocycles. The predicted molar refractivity (Wildman–Crippen MR) is 153 cm³/mol. The first-order valence-corrected chi connectivity index (χ1v) is 14.1. The topological polar surface area (TPSA) is 34.2 Å². The lowest BCUT2D eigenvalue weighted by atomic mass is 9.86. The number of allylic oxidation sites excluding steroid dienone is 1. The van der Waals surface area contributed by atoms with Gasteiger partial charge in [0, 0.05) is 51.4 Å². The highest BCUT2D eigenvalue weighted by molar-refractivity contribution is 5.72. The summed E-state index contributed by atoms with van der Waals surface area (Å²) in [4.78, 5) is 5.15. The van der Waals surface area contributed by atoms with E-state index < -0.39 is 0 Å². The zero-order valence-corrected chi connectivity index (χ0v) is 23.6. The number of ether oxygens (including phenoxy) is 3. The molecule has 2 aromatic rings. The summed E-state index contributed by atoms with van der Waals surface area (Å²) in [5.74, 6) is 2.47. The van der Waals surface area contributed by atoms with Gasteiger partial charge in [-0.25, -0.2) is 0 Å². The van der Waals surface area contributed by atoms with Crippen molar-refractivity contribution in [2.24, 2.45) is 5.92 Å². The first kappa shape index (κ1) is 27.7. The van der Waals surface area contributed by atoms with E-state index >= 15 is 0 Å². The second-order valence-corrected chi connectivity index (χ2v) is 10.9. The number of benzene rings is 2. The first-order valence-electron chi connectivity index (χ1n) is 14.1. The third kappa shape index (κ3) is 7.59. The monoisotopic (exact) mass is 506 g/mol. The lowest BCUT2D eigenvalue weighted by molar-refractivity contribution is 0.0835. The van der Waals surface area contributed by atoms with Crippen LogP contribution in [-0.2, 0) is 24.2 Å². The van der Waals surface area contributed by atoms with Gasteiger partial charge in [0.15, 0.2) is 0 Å². The SMILES string of the molecule is CCOCCN1CCN(CC2=C(C)c3ccc(OCc4ccc(CC(C)C)cc4OC)cc3CC2)CC1. The van der Waals surface area contributed by atoms with Crippen molar-refractivity contribution < 1.29 is 14.2 Å². The van der Waals surface area contributed by atoms with E-state index in [1.165, 1.54) is 22.3 Å². The highest BCUT2D eigenvalue weighted by Crippen LogP contribution is 2.34. The lowest BCUT2D eigenvalue weighted by Gasteiger charge is -2.36. The van der Waals surface area contributed by atoms with Crippen LogP contribution < -0.4 is 9.47 Å². The van der Waals surface area contributed by atoms with E-state index in [1.807, 2.05) is 0 Å². The summed E-state index contributed by atoms with van der Waals surface area (Å²) in [5.41, 5.74) is 8.23. The van der Waals surface area contributed by atoms with E-state index in [4.69, 9.17) is 14.2 Å². The molecular weight excluding hydrogens is 460 g/mol. The van der Waals surface area contributed by atoms with E-state index in [9.17, 15) is 0 Å². The molecule has 2 aliphatic rings. The highest BCUT2D eigenvalue weighted by Gasteiger charge is 2.22. The smallest absolute Gasteiger partial charge is 0.125 e. The Hall–Kier alpha value is -2.34. The fourth-order valence-electron chi connectivity index (χ4n) is 5.54. The minimum absolute atomic E-state index is 0.514. The zero-order valence-electron chi connectivity index (χ0n) is 23.6. The number of aryl methyl sites for hydroxylation is 1. The maximum atomic E-state index is 6.23. The van der Waals surface area contributed by atoms with Crippen molar-refractivity contribution in [2.75, 3.05) is 59.6 Å². The third-order valence-corrected chi connectivity index (χ3v) is 7.73. The van der Waals surface area contributed by atoms with Crippen molar-refractivity contribution in [2.45, 2.75) is 53.6 Å². The summed E-state index contributed by atoms with van der Waals surface area (Å²) in [7, 11) is 1.74. The molecule has 0 atom stereocenters. The minimum Gasteiger partial charge on any atom is -0.496 e. The van der Waals surface area contributed by atoms with Gasteiger partial charge in [-0.3, -0.25) is 9.80 Å². The molecule has 5 nitrogen and oxygen atoms in total. The van der Waals surface area contributed by atoms with Crippen LogP contribution >= 0.6 is 0 Å². The van der Waals surface area contributed by atoms with Gasteiger partial charge in [0.2, 0.25) is 0 Å². The number of methoxy groups -OCH3 is 1. The molecule has 2 aromatic carbocycles. The molecule has 0 unspecified atom stereocenters. The third-order valence-electron chi connectivity index (χ3n) is 7.73. The molecule has 0 N–H and O–H groups in total. The molecule has 37 heavy (non-hydrogen) atoms. The molecule has 4 rings (SSSR count). The Labute approximate surface area is 224 Å². The number of fused-ring (bicyclic) bond motifs is 1. The summed E-state index contributed by atoms with van der Waals surface area (Å²) >= 11 is 0. The van der Waals surface area contributed by atoms with E-state index in [-0.39, 0.29) is 0 Å². The van der Waals surface area contributed by atoms with Crippen LogP contribution in [0.4, 0.5) is 0 Å². The van der Waals surface area contributed by atoms with Crippen LogP contribution in [0.25, 0.3) is 5.57 Å². The van der Waals surface area contributed by atoms with Gasteiger partial charge in [-0.05, 0) is 79.5 Å². The zero-order chi connectivity index (χ0) is 26.2. The van der Waals surface area contributed by atoms with Crippen LogP contribution in [0.15, 0.2) is 42.0 Å². The molecule has 0 spiro atoms. The largest absolute Gasteiger partial charge is 0.496 e. The molecule has 0 saturated carbocycles. The standard InChI is InChI=1S/C32H46N2O3/c1-6-36-18-17-33-13-15-34(16-14-33)22-28-10-9-27-21-30(11-12-31(27)25(28)4)37-23-29-8-7-26(19-24(2)3)20-32(29)35-5/h7-8,11-12,20-21,24H,6,9-10,13-19,22-23H2,1-5H3. The van der Waals surface area contributed by atoms with Crippen molar-refractivity contribution in [3.63, 3.8) is 0 Å². The van der Waals surface area contributed by atoms with Crippen molar-refractivity contribution in [1.82, 2.24) is 9.80 Å². The Morgan fingerprint density at radius 1 is 0.946 bits per heavy atom. The maximum Gasteiger partial charge on any atom is 0.125 e. The van der Waals surface area contributed by atoms with Crippen molar-refractivity contribution >= 4 is 5.57 Å². The molecule has 0 aromatic heterocycles. The Bertz CT molecular complexity index is 1050. The van der Waals surface area contributed by atoms with Crippen LogP contribution in [0, 0.1) is 5.92 Å². The molecule has 0 radical (unpaired) electrons. The summed E-state index contributed by atoms with van der Waals surface area (Å²) in [6.07, 6.45) is 3.28. The van der Waals surface area contributed by atoms with Gasteiger partial charge in [-0.15, -0.1) is 0 Å². The van der Waals surface area contributed by atoms with Gasteiger partial charge in [0.1, 0.15) is 18.1 Å². The molecule has 5 heteroatoms. The Morgan fingerprint density at radius 2 is 1.73 bits per heavy atom. The minimum atomic E-state index is 0.514. The molecule has 0 bridgehead atoms. The fraction of sp³-hybridized carbons (Fsp3) is 0.562. The summed E-state index contributed by atoms with van der Waals surface area (Å²) < 4.78 is 17.4. The van der Waals surface area contributed by atoms with Crippen molar-refractivity contribution in [3.8, 4) is 11.5 Å². The predicted octanol–water partition coefficient (Wildman–Crippen LogP) is 5.85. The van der Waals surface area contributed by atoms with Gasteiger partial charge >= 0.3 is 0 Å². The number of piperazine rings is 1. The van der Waals surface area contributed by atoms with Crippen LogP contribution in [0.3, 0.4) is 0 Å². The number of hydrogen-bond donors (Lipinski definition) is 0. The van der Waals surface area contributed by atoms with Crippen LogP contribution in [0.5, 0.6) is 11.5 Å². The van der Waals surface area contributed by atoms with Crippen molar-refractivity contribution in [1.29, 1.82) is 0 Å². The molecular formula is C32H46N2O3. The summed E-state index contributed by atoms with van der Waals surface area (Å²) in [6, 6.07) is 13.1. The summed E-state index contributed by atoms with van der Waals surface area (Å²) in [6.45, 7) is 17.7. The molecule has 202 valence electrons. The molecule has 1 aliphatic heterocycles. The van der Waals surface area contributed by atoms with Crippen LogP contribution in [0.2, 0.25) is 0 Å². The normalized spacial score (nSPS) is 16.8. The fourth-order valence-corrected chi connectivity index (χ4v) is 5.54. The molecule has 1 heterocycles. The number of nitrogens with zero attached hydrogens (tertiary/aromatic N) is 2. The molecule has 1 fully saturated rings. The Balaban J connectivity index is 1.34. The van der Waals surface area contributed by atoms with Gasteiger partial charge in [0.05, 0.1) is 13.7 Å². The van der Waals surface area contributed by atoms with E-state index in [0.717, 1.165) is 88.8 Å². The Kier molecular flexibility index (Phi) is 10.1.